The fourth-order valence-corrected chi connectivity index (χ4v) is 5.44. The molecule has 0 saturated heterocycles. The second kappa shape index (κ2) is 10.6. The summed E-state index contributed by atoms with van der Waals surface area (Å²) in [5.41, 5.74) is 1.74. The lowest BCUT2D eigenvalue weighted by molar-refractivity contribution is -0.143. The van der Waals surface area contributed by atoms with Crippen LogP contribution in [-0.4, -0.2) is 22.7 Å². The number of rotatable bonds is 6. The van der Waals surface area contributed by atoms with Crippen molar-refractivity contribution in [2.24, 2.45) is 4.99 Å². The van der Waals surface area contributed by atoms with Crippen LogP contribution in [0.3, 0.4) is 0 Å². The number of hydrogen-bond acceptors (Lipinski definition) is 6. The van der Waals surface area contributed by atoms with Gasteiger partial charge < -0.3 is 9.47 Å². The lowest BCUT2D eigenvalue weighted by Crippen LogP contribution is -2.40. The van der Waals surface area contributed by atoms with E-state index in [0.29, 0.717) is 42.0 Å². The molecule has 188 valence electrons. The SMILES string of the molecule is CC1=C(C(=O)OC(C)C)C(c2ccccc2Cl)n2c(sc(=Cc3cc(Cl)ccc3OC(C)C)c2=O)=N1. The van der Waals surface area contributed by atoms with E-state index < -0.39 is 12.0 Å². The number of thiazole rings is 1. The zero-order chi connectivity index (χ0) is 26.1. The zero-order valence-corrected chi connectivity index (χ0v) is 22.9. The normalized spacial score (nSPS) is 15.8. The largest absolute Gasteiger partial charge is 0.490 e. The molecule has 0 saturated carbocycles. The lowest BCUT2D eigenvalue weighted by Gasteiger charge is -2.26. The second-order valence-electron chi connectivity index (χ2n) is 8.91. The van der Waals surface area contributed by atoms with Gasteiger partial charge in [0.2, 0.25) is 0 Å². The van der Waals surface area contributed by atoms with Crippen molar-refractivity contribution in [3.8, 4) is 5.75 Å². The molecule has 1 unspecified atom stereocenters. The van der Waals surface area contributed by atoms with Crippen molar-refractivity contribution in [1.82, 2.24) is 4.57 Å². The molecule has 0 bridgehead atoms. The van der Waals surface area contributed by atoms with Crippen LogP contribution in [0, 0.1) is 0 Å². The topological polar surface area (TPSA) is 69.9 Å². The van der Waals surface area contributed by atoms with Crippen LogP contribution in [0.2, 0.25) is 10.0 Å². The van der Waals surface area contributed by atoms with Gasteiger partial charge >= 0.3 is 5.97 Å². The first-order chi connectivity index (χ1) is 17.1. The van der Waals surface area contributed by atoms with E-state index in [-0.39, 0.29) is 23.3 Å². The molecule has 0 amide bonds. The summed E-state index contributed by atoms with van der Waals surface area (Å²) in [5, 5.41) is 0.956. The van der Waals surface area contributed by atoms with Gasteiger partial charge in [0.1, 0.15) is 11.8 Å². The molecule has 3 aromatic rings. The first kappa shape index (κ1) is 26.2. The number of carbonyl (C=O) groups is 1. The smallest absolute Gasteiger partial charge is 0.338 e. The summed E-state index contributed by atoms with van der Waals surface area (Å²) >= 11 is 14.0. The van der Waals surface area contributed by atoms with Gasteiger partial charge in [0.25, 0.3) is 5.56 Å². The van der Waals surface area contributed by atoms with Crippen molar-refractivity contribution in [2.45, 2.75) is 52.9 Å². The van der Waals surface area contributed by atoms with Gasteiger partial charge in [-0.15, -0.1) is 0 Å². The minimum atomic E-state index is -0.783. The van der Waals surface area contributed by atoms with Gasteiger partial charge in [0.15, 0.2) is 4.80 Å². The van der Waals surface area contributed by atoms with Crippen LogP contribution in [0.1, 0.15) is 51.8 Å². The van der Waals surface area contributed by atoms with Gasteiger partial charge in [-0.3, -0.25) is 9.36 Å². The van der Waals surface area contributed by atoms with Crippen molar-refractivity contribution >= 4 is 46.6 Å². The number of aromatic nitrogens is 1. The van der Waals surface area contributed by atoms with Crippen molar-refractivity contribution in [1.29, 1.82) is 0 Å². The Morgan fingerprint density at radius 3 is 2.50 bits per heavy atom. The lowest BCUT2D eigenvalue weighted by atomic mass is 9.96. The van der Waals surface area contributed by atoms with Crippen LogP contribution in [0.25, 0.3) is 6.08 Å². The molecule has 2 heterocycles. The minimum Gasteiger partial charge on any atom is -0.490 e. The molecule has 0 radical (unpaired) electrons. The summed E-state index contributed by atoms with van der Waals surface area (Å²) in [4.78, 5) is 32.1. The number of esters is 1. The van der Waals surface area contributed by atoms with Gasteiger partial charge in [0.05, 0.1) is 28.0 Å². The molecule has 2 aromatic carbocycles. The predicted molar refractivity (Wildman–Crippen MR) is 144 cm³/mol. The van der Waals surface area contributed by atoms with E-state index in [0.717, 1.165) is 0 Å². The number of allylic oxidation sites excluding steroid dienone is 1. The maximum Gasteiger partial charge on any atom is 0.338 e. The van der Waals surface area contributed by atoms with Gasteiger partial charge in [0, 0.05) is 15.6 Å². The highest BCUT2D eigenvalue weighted by Gasteiger charge is 2.34. The van der Waals surface area contributed by atoms with E-state index in [4.69, 9.17) is 32.7 Å². The number of fused-ring (bicyclic) bond motifs is 1. The first-order valence-electron chi connectivity index (χ1n) is 11.5. The van der Waals surface area contributed by atoms with Crippen LogP contribution in [-0.2, 0) is 9.53 Å². The number of hydrogen-bond donors (Lipinski definition) is 0. The van der Waals surface area contributed by atoms with E-state index in [1.807, 2.05) is 19.9 Å². The quantitative estimate of drug-likeness (QED) is 0.396. The van der Waals surface area contributed by atoms with Crippen molar-refractivity contribution in [3.63, 3.8) is 0 Å². The van der Waals surface area contributed by atoms with Crippen LogP contribution in [0.4, 0.5) is 0 Å². The number of benzene rings is 2. The monoisotopic (exact) mass is 544 g/mol. The van der Waals surface area contributed by atoms with Crippen molar-refractivity contribution < 1.29 is 14.3 Å². The third-order valence-corrected chi connectivity index (χ3v) is 6.97. The molecule has 1 aliphatic rings. The Morgan fingerprint density at radius 1 is 1.11 bits per heavy atom. The Balaban J connectivity index is 1.97. The van der Waals surface area contributed by atoms with Gasteiger partial charge in [-0.25, -0.2) is 9.79 Å². The average Bonchev–Trinajstić information content (AvgIpc) is 3.09. The highest BCUT2D eigenvalue weighted by atomic mass is 35.5. The number of halogens is 2. The molecule has 36 heavy (non-hydrogen) atoms. The third kappa shape index (κ3) is 5.28. The molecule has 6 nitrogen and oxygen atoms in total. The van der Waals surface area contributed by atoms with Crippen molar-refractivity contribution in [3.05, 3.63) is 94.6 Å². The molecule has 0 aliphatic carbocycles. The maximum atomic E-state index is 13.8. The number of nitrogens with zero attached hydrogens (tertiary/aromatic N) is 2. The molecular formula is C27H26Cl2N2O4S. The minimum absolute atomic E-state index is 0.0584. The van der Waals surface area contributed by atoms with Gasteiger partial charge in [-0.2, -0.15) is 0 Å². The molecular weight excluding hydrogens is 519 g/mol. The Morgan fingerprint density at radius 2 is 1.83 bits per heavy atom. The Kier molecular flexibility index (Phi) is 7.73. The molecule has 0 spiro atoms. The van der Waals surface area contributed by atoms with E-state index >= 15 is 0 Å². The third-order valence-electron chi connectivity index (χ3n) is 5.41. The fraction of sp³-hybridized carbons (Fsp3) is 0.296. The summed E-state index contributed by atoms with van der Waals surface area (Å²) in [7, 11) is 0. The molecule has 1 aromatic heterocycles. The van der Waals surface area contributed by atoms with Crippen LogP contribution >= 0.6 is 34.5 Å². The molecule has 0 N–H and O–H groups in total. The maximum absolute atomic E-state index is 13.8. The predicted octanol–water partition coefficient (Wildman–Crippen LogP) is 5.28. The van der Waals surface area contributed by atoms with E-state index in [1.54, 1.807) is 63.2 Å². The van der Waals surface area contributed by atoms with Crippen LogP contribution in [0.5, 0.6) is 5.75 Å². The molecule has 9 heteroatoms. The summed E-state index contributed by atoms with van der Waals surface area (Å²) < 4.78 is 13.4. The molecule has 4 rings (SSSR count). The summed E-state index contributed by atoms with van der Waals surface area (Å²) in [6.07, 6.45) is 1.34. The van der Waals surface area contributed by atoms with E-state index in [1.165, 1.54) is 15.9 Å². The Bertz CT molecular complexity index is 1540. The van der Waals surface area contributed by atoms with Crippen LogP contribution in [0.15, 0.2) is 63.5 Å². The Labute approximate surface area is 223 Å². The second-order valence-corrected chi connectivity index (χ2v) is 10.8. The zero-order valence-electron chi connectivity index (χ0n) is 20.5. The molecule has 0 fully saturated rings. The standard InChI is InChI=1S/C27H26Cl2N2O4S/c1-14(2)34-21-11-10-18(28)12-17(21)13-22-25(32)31-24(19-8-6-7-9-20(19)29)23(26(33)35-15(3)4)16(5)30-27(31)36-22/h6-15,24H,1-5H3. The Hall–Kier alpha value is -2.87. The average molecular weight is 545 g/mol. The van der Waals surface area contributed by atoms with Crippen molar-refractivity contribution in [2.75, 3.05) is 0 Å². The number of carbonyl (C=O) groups excluding carboxylic acids is 1. The number of ether oxygens (including phenoxy) is 2. The van der Waals surface area contributed by atoms with E-state index in [9.17, 15) is 9.59 Å². The fourth-order valence-electron chi connectivity index (χ4n) is 3.99. The summed E-state index contributed by atoms with van der Waals surface area (Å²) in [6.45, 7) is 9.14. The van der Waals surface area contributed by atoms with Gasteiger partial charge in [-0.1, -0.05) is 52.7 Å². The summed E-state index contributed by atoms with van der Waals surface area (Å²) in [6, 6.07) is 11.6. The molecule has 1 atom stereocenters. The van der Waals surface area contributed by atoms with Crippen LogP contribution < -0.4 is 19.6 Å². The first-order valence-corrected chi connectivity index (χ1v) is 13.1. The highest BCUT2D eigenvalue weighted by Crippen LogP contribution is 2.34. The summed E-state index contributed by atoms with van der Waals surface area (Å²) in [5.74, 6) is 0.0770. The highest BCUT2D eigenvalue weighted by molar-refractivity contribution is 7.07. The van der Waals surface area contributed by atoms with E-state index in [2.05, 4.69) is 4.99 Å². The van der Waals surface area contributed by atoms with Gasteiger partial charge in [-0.05, 0) is 70.5 Å². The molecule has 1 aliphatic heterocycles.